The molecular formula is C14H12N4O3. The first-order valence-corrected chi connectivity index (χ1v) is 6.17. The molecule has 0 radical (unpaired) electrons. The van der Waals surface area contributed by atoms with Crippen molar-refractivity contribution in [2.24, 2.45) is 10.9 Å². The fourth-order valence-electron chi connectivity index (χ4n) is 1.92. The molecular weight excluding hydrogens is 272 g/mol. The average molecular weight is 284 g/mol. The molecule has 0 aliphatic carbocycles. The van der Waals surface area contributed by atoms with Gasteiger partial charge in [0.1, 0.15) is 12.2 Å². The zero-order valence-electron chi connectivity index (χ0n) is 10.9. The molecule has 2 aromatic heterocycles. The third-order valence-corrected chi connectivity index (χ3v) is 2.86. The van der Waals surface area contributed by atoms with Gasteiger partial charge in [0.05, 0.1) is 5.39 Å². The van der Waals surface area contributed by atoms with Crippen LogP contribution in [0.4, 0.5) is 0 Å². The van der Waals surface area contributed by atoms with E-state index in [0.29, 0.717) is 17.2 Å². The summed E-state index contributed by atoms with van der Waals surface area (Å²) in [5, 5.41) is 12.5. The van der Waals surface area contributed by atoms with E-state index < -0.39 is 0 Å². The van der Waals surface area contributed by atoms with Crippen molar-refractivity contribution in [2.75, 3.05) is 0 Å². The van der Waals surface area contributed by atoms with Crippen LogP contribution in [0.1, 0.15) is 11.6 Å². The number of aromatic nitrogens is 2. The summed E-state index contributed by atoms with van der Waals surface area (Å²) in [6.07, 6.45) is 3.26. The van der Waals surface area contributed by atoms with Crippen molar-refractivity contribution in [1.82, 2.24) is 9.97 Å². The van der Waals surface area contributed by atoms with E-state index in [1.54, 1.807) is 24.5 Å². The Morgan fingerprint density at radius 2 is 2.00 bits per heavy atom. The molecule has 0 saturated carbocycles. The highest BCUT2D eigenvalue weighted by atomic mass is 16.5. The van der Waals surface area contributed by atoms with E-state index in [2.05, 4.69) is 15.1 Å². The summed E-state index contributed by atoms with van der Waals surface area (Å²) >= 11 is 0. The summed E-state index contributed by atoms with van der Waals surface area (Å²) in [5.41, 5.74) is 6.21. The van der Waals surface area contributed by atoms with E-state index in [1.165, 1.54) is 0 Å². The minimum Gasteiger partial charge on any atom is -0.481 e. The van der Waals surface area contributed by atoms with Gasteiger partial charge in [-0.3, -0.25) is 0 Å². The highest BCUT2D eigenvalue weighted by Crippen LogP contribution is 2.33. The van der Waals surface area contributed by atoms with Crippen molar-refractivity contribution < 1.29 is 14.4 Å². The van der Waals surface area contributed by atoms with E-state index in [0.717, 1.165) is 5.39 Å². The molecule has 7 nitrogen and oxygen atoms in total. The number of benzene rings is 1. The maximum absolute atomic E-state index is 8.85. The van der Waals surface area contributed by atoms with E-state index in [9.17, 15) is 0 Å². The zero-order chi connectivity index (χ0) is 14.7. The predicted molar refractivity (Wildman–Crippen MR) is 75.1 cm³/mol. The van der Waals surface area contributed by atoms with E-state index in [4.69, 9.17) is 20.1 Å². The fourth-order valence-corrected chi connectivity index (χ4v) is 1.92. The number of hydrogen-bond acceptors (Lipinski definition) is 6. The fraction of sp³-hybridized carbons (Fsp3) is 0.0714. The lowest BCUT2D eigenvalue weighted by atomic mass is 10.2. The van der Waals surface area contributed by atoms with Crippen molar-refractivity contribution in [3.8, 4) is 5.75 Å². The van der Waals surface area contributed by atoms with Crippen LogP contribution in [-0.2, 0) is 6.61 Å². The number of hydrogen-bond donors (Lipinski definition) is 2. The number of nitrogens with zero attached hydrogens (tertiary/aromatic N) is 3. The number of para-hydroxylation sites is 1. The molecule has 0 unspecified atom stereocenters. The quantitative estimate of drug-likeness (QED) is 0.328. The lowest BCUT2D eigenvalue weighted by Gasteiger charge is -2.05. The van der Waals surface area contributed by atoms with Crippen molar-refractivity contribution in [2.45, 2.75) is 6.61 Å². The van der Waals surface area contributed by atoms with Gasteiger partial charge >= 0.3 is 0 Å². The Labute approximate surface area is 119 Å². The lowest BCUT2D eigenvalue weighted by Crippen LogP contribution is -2.13. The molecule has 0 aliphatic rings. The maximum atomic E-state index is 8.85. The lowest BCUT2D eigenvalue weighted by molar-refractivity contribution is 0.291. The van der Waals surface area contributed by atoms with Gasteiger partial charge < -0.3 is 20.1 Å². The van der Waals surface area contributed by atoms with Crippen LogP contribution in [0.2, 0.25) is 0 Å². The molecule has 0 spiro atoms. The number of rotatable bonds is 4. The molecule has 0 bridgehead atoms. The molecule has 0 fully saturated rings. The number of amidine groups is 1. The van der Waals surface area contributed by atoms with E-state index in [1.807, 2.05) is 18.2 Å². The molecule has 3 N–H and O–H groups in total. The maximum Gasteiger partial charge on any atom is 0.215 e. The Morgan fingerprint density at radius 3 is 2.76 bits per heavy atom. The van der Waals surface area contributed by atoms with Crippen LogP contribution in [0.25, 0.3) is 11.0 Å². The van der Waals surface area contributed by atoms with Gasteiger partial charge in [0.2, 0.25) is 11.6 Å². The number of furan rings is 1. The molecule has 0 aliphatic heterocycles. The summed E-state index contributed by atoms with van der Waals surface area (Å²) in [6, 6.07) is 8.99. The van der Waals surface area contributed by atoms with Crippen LogP contribution < -0.4 is 10.5 Å². The van der Waals surface area contributed by atoms with E-state index >= 15 is 0 Å². The number of fused-ring (bicyclic) bond motifs is 1. The average Bonchev–Trinajstić information content (AvgIpc) is 2.92. The topological polar surface area (TPSA) is 107 Å². The summed E-state index contributed by atoms with van der Waals surface area (Å²) in [4.78, 5) is 8.15. The van der Waals surface area contributed by atoms with E-state index in [-0.39, 0.29) is 18.2 Å². The molecule has 21 heavy (non-hydrogen) atoms. The van der Waals surface area contributed by atoms with Gasteiger partial charge in [-0.15, -0.1) is 0 Å². The number of nitrogens with two attached hydrogens (primary N) is 1. The first-order chi connectivity index (χ1) is 10.3. The highest BCUT2D eigenvalue weighted by Gasteiger charge is 2.19. The normalized spacial score (nSPS) is 11.7. The molecule has 0 saturated heterocycles. The summed E-state index contributed by atoms with van der Waals surface area (Å²) < 4.78 is 11.3. The Bertz CT molecular complexity index is 783. The number of ether oxygens (including phenoxy) is 1. The minimum atomic E-state index is -0.157. The molecule has 0 amide bonds. The van der Waals surface area contributed by atoms with Crippen LogP contribution in [0.15, 0.2) is 52.3 Å². The smallest absolute Gasteiger partial charge is 0.215 e. The molecule has 0 atom stereocenters. The highest BCUT2D eigenvalue weighted by molar-refractivity contribution is 6.03. The van der Waals surface area contributed by atoms with Crippen molar-refractivity contribution in [1.29, 1.82) is 0 Å². The first-order valence-electron chi connectivity index (χ1n) is 6.17. The van der Waals surface area contributed by atoms with Gasteiger partial charge in [-0.1, -0.05) is 17.3 Å². The van der Waals surface area contributed by atoms with Gasteiger partial charge in [-0.05, 0) is 18.2 Å². The zero-order valence-corrected chi connectivity index (χ0v) is 10.9. The van der Waals surface area contributed by atoms with Gasteiger partial charge in [-0.2, -0.15) is 0 Å². The molecule has 3 rings (SSSR count). The molecule has 1 aromatic carbocycles. The molecule has 106 valence electrons. The van der Waals surface area contributed by atoms with Crippen molar-refractivity contribution in [3.05, 3.63) is 54.3 Å². The second-order valence-electron chi connectivity index (χ2n) is 4.20. The summed E-state index contributed by atoms with van der Waals surface area (Å²) in [7, 11) is 0. The molecule has 3 aromatic rings. The monoisotopic (exact) mass is 284 g/mol. The first kappa shape index (κ1) is 12.9. The van der Waals surface area contributed by atoms with Gasteiger partial charge in [0.25, 0.3) is 0 Å². The minimum absolute atomic E-state index is 0.149. The van der Waals surface area contributed by atoms with Crippen LogP contribution in [0.5, 0.6) is 5.75 Å². The van der Waals surface area contributed by atoms with Crippen LogP contribution in [-0.4, -0.2) is 21.0 Å². The van der Waals surface area contributed by atoms with Crippen molar-refractivity contribution in [3.63, 3.8) is 0 Å². The Kier molecular flexibility index (Phi) is 3.38. The second kappa shape index (κ2) is 5.49. The van der Waals surface area contributed by atoms with Gasteiger partial charge in [-0.25, -0.2) is 9.97 Å². The van der Waals surface area contributed by atoms with Crippen LogP contribution >= 0.6 is 0 Å². The summed E-state index contributed by atoms with van der Waals surface area (Å²) in [5.74, 6) is 0.936. The van der Waals surface area contributed by atoms with Crippen LogP contribution in [0.3, 0.4) is 0 Å². The Hall–Kier alpha value is -3.09. The van der Waals surface area contributed by atoms with Gasteiger partial charge in [0.15, 0.2) is 11.6 Å². The predicted octanol–water partition coefficient (Wildman–Crippen LogP) is 1.90. The van der Waals surface area contributed by atoms with Gasteiger partial charge in [0, 0.05) is 12.4 Å². The third kappa shape index (κ3) is 2.48. The Balaban J connectivity index is 1.99. The third-order valence-electron chi connectivity index (χ3n) is 2.86. The summed E-state index contributed by atoms with van der Waals surface area (Å²) in [6.45, 7) is 0.149. The standard InChI is InChI=1S/C14H12N4O3/c15-14(18-19)13-12(9-4-1-2-5-10(9)21-13)20-8-11-16-6-3-7-17-11/h1-7,19H,8H2,(H2,15,18). The molecule has 7 heteroatoms. The van der Waals surface area contributed by atoms with Crippen molar-refractivity contribution >= 4 is 16.8 Å². The second-order valence-corrected chi connectivity index (χ2v) is 4.20. The largest absolute Gasteiger partial charge is 0.481 e. The van der Waals surface area contributed by atoms with Crippen LogP contribution in [0, 0.1) is 0 Å². The Morgan fingerprint density at radius 1 is 1.24 bits per heavy atom. The molecule has 2 heterocycles. The SMILES string of the molecule is N/C(=N/O)c1oc2ccccc2c1OCc1ncccn1. The number of oxime groups is 1.